The Balaban J connectivity index is 1.63. The quantitative estimate of drug-likeness (QED) is 0.916. The monoisotopic (exact) mass is 286 g/mol. The van der Waals surface area contributed by atoms with Crippen molar-refractivity contribution in [3.8, 4) is 0 Å². The Hall–Kier alpha value is -1.35. The van der Waals surface area contributed by atoms with Crippen molar-refractivity contribution in [1.82, 2.24) is 4.90 Å². The van der Waals surface area contributed by atoms with Gasteiger partial charge in [0.15, 0.2) is 0 Å². The summed E-state index contributed by atoms with van der Waals surface area (Å²) in [6, 6.07) is 9.13. The zero-order valence-electron chi connectivity index (χ0n) is 13.0. The number of piperidine rings is 1. The van der Waals surface area contributed by atoms with E-state index in [2.05, 4.69) is 22.3 Å². The minimum atomic E-state index is -0.0103. The van der Waals surface area contributed by atoms with E-state index in [0.29, 0.717) is 0 Å². The van der Waals surface area contributed by atoms with Crippen molar-refractivity contribution < 1.29 is 4.79 Å². The number of rotatable bonds is 3. The summed E-state index contributed by atoms with van der Waals surface area (Å²) in [5.74, 6) is 0.926. The van der Waals surface area contributed by atoms with Crippen LogP contribution in [0.5, 0.6) is 0 Å². The predicted molar refractivity (Wildman–Crippen MR) is 86.1 cm³/mol. The van der Waals surface area contributed by atoms with Crippen molar-refractivity contribution in [3.63, 3.8) is 0 Å². The van der Waals surface area contributed by atoms with Crippen molar-refractivity contribution in [1.29, 1.82) is 0 Å². The second-order valence-corrected chi connectivity index (χ2v) is 6.60. The third-order valence-electron chi connectivity index (χ3n) is 5.02. The summed E-state index contributed by atoms with van der Waals surface area (Å²) in [6.07, 6.45) is 8.44. The molecular weight excluding hydrogens is 260 g/mol. The molecule has 2 aliphatic rings. The van der Waals surface area contributed by atoms with E-state index in [1.807, 2.05) is 12.1 Å². The highest BCUT2D eigenvalue weighted by Gasteiger charge is 2.32. The molecule has 1 aromatic carbocycles. The molecule has 1 aliphatic heterocycles. The van der Waals surface area contributed by atoms with Gasteiger partial charge in [-0.15, -0.1) is 0 Å². The number of nitrogens with one attached hydrogen (secondary N) is 1. The van der Waals surface area contributed by atoms with Gasteiger partial charge < -0.3 is 5.32 Å². The first kappa shape index (κ1) is 14.6. The highest BCUT2D eigenvalue weighted by Crippen LogP contribution is 2.35. The molecule has 1 aliphatic carbocycles. The molecule has 3 rings (SSSR count). The van der Waals surface area contributed by atoms with Crippen LogP contribution in [0.3, 0.4) is 0 Å². The summed E-state index contributed by atoms with van der Waals surface area (Å²) in [5, 5.41) is 2.83. The van der Waals surface area contributed by atoms with Crippen molar-refractivity contribution in [3.05, 3.63) is 29.8 Å². The lowest BCUT2D eigenvalue weighted by Gasteiger charge is -2.44. The Morgan fingerprint density at radius 1 is 1.14 bits per heavy atom. The first-order chi connectivity index (χ1) is 10.2. The number of carbonyl (C=O) groups is 1. The van der Waals surface area contributed by atoms with Gasteiger partial charge in [0.2, 0.25) is 5.91 Å². The summed E-state index contributed by atoms with van der Waals surface area (Å²) in [5.41, 5.74) is 2.25. The number of benzene rings is 1. The molecule has 1 amide bonds. The number of hydrogen-bond acceptors (Lipinski definition) is 2. The molecule has 0 radical (unpaired) electrons. The van der Waals surface area contributed by atoms with Gasteiger partial charge in [0, 0.05) is 25.2 Å². The van der Waals surface area contributed by atoms with Crippen molar-refractivity contribution in [2.75, 3.05) is 11.9 Å². The molecule has 1 N–H and O–H groups in total. The molecule has 21 heavy (non-hydrogen) atoms. The van der Waals surface area contributed by atoms with Crippen molar-refractivity contribution >= 4 is 11.6 Å². The van der Waals surface area contributed by atoms with Gasteiger partial charge in [0.05, 0.1) is 0 Å². The third kappa shape index (κ3) is 3.65. The largest absolute Gasteiger partial charge is 0.326 e. The molecule has 114 valence electrons. The standard InChI is InChI=1S/C18H26N2O/c1-14(21)19-17-10-8-15(9-11-17)13-20-12-4-6-16-5-2-3-7-18(16)20/h8-11,16,18H,2-7,12-13H2,1H3,(H,19,21)/t16-,18+/m1/s1. The number of hydrogen-bond donors (Lipinski definition) is 1. The predicted octanol–water partition coefficient (Wildman–Crippen LogP) is 3.80. The number of fused-ring (bicyclic) bond motifs is 1. The first-order valence-electron chi connectivity index (χ1n) is 8.33. The van der Waals surface area contributed by atoms with Gasteiger partial charge in [0.25, 0.3) is 0 Å². The Bertz CT molecular complexity index is 480. The van der Waals surface area contributed by atoms with Gasteiger partial charge in [-0.3, -0.25) is 9.69 Å². The molecule has 1 saturated carbocycles. The summed E-state index contributed by atoms with van der Waals surface area (Å²) in [4.78, 5) is 13.7. The van der Waals surface area contributed by atoms with Crippen LogP contribution in [0.1, 0.15) is 51.0 Å². The maximum Gasteiger partial charge on any atom is 0.221 e. The number of amides is 1. The Morgan fingerprint density at radius 3 is 2.62 bits per heavy atom. The SMILES string of the molecule is CC(=O)Nc1ccc(CN2CCC[C@H]3CCCC[C@@H]32)cc1. The van der Waals surface area contributed by atoms with E-state index >= 15 is 0 Å². The van der Waals surface area contributed by atoms with Crippen LogP contribution < -0.4 is 5.32 Å². The molecule has 2 atom stereocenters. The van der Waals surface area contributed by atoms with Crippen molar-refractivity contribution in [2.24, 2.45) is 5.92 Å². The Kier molecular flexibility index (Phi) is 4.59. The maximum atomic E-state index is 11.1. The Morgan fingerprint density at radius 2 is 1.86 bits per heavy atom. The number of likely N-dealkylation sites (tertiary alicyclic amines) is 1. The molecular formula is C18H26N2O. The fraction of sp³-hybridized carbons (Fsp3) is 0.611. The fourth-order valence-corrected chi connectivity index (χ4v) is 4.06. The van der Waals surface area contributed by atoms with Gasteiger partial charge in [-0.25, -0.2) is 0 Å². The zero-order chi connectivity index (χ0) is 14.7. The van der Waals surface area contributed by atoms with E-state index in [1.165, 1.54) is 50.6 Å². The van der Waals surface area contributed by atoms with Crippen LogP contribution in [0.15, 0.2) is 24.3 Å². The zero-order valence-corrected chi connectivity index (χ0v) is 13.0. The molecule has 0 bridgehead atoms. The highest BCUT2D eigenvalue weighted by atomic mass is 16.1. The van der Waals surface area contributed by atoms with Crippen LogP contribution in [0.25, 0.3) is 0 Å². The molecule has 1 heterocycles. The molecule has 0 unspecified atom stereocenters. The second kappa shape index (κ2) is 6.61. The molecule has 0 spiro atoms. The van der Waals surface area contributed by atoms with Gasteiger partial charge in [-0.2, -0.15) is 0 Å². The molecule has 2 fully saturated rings. The Labute approximate surface area is 127 Å². The van der Waals surface area contributed by atoms with Crippen LogP contribution in [0.2, 0.25) is 0 Å². The van der Waals surface area contributed by atoms with Crippen LogP contribution >= 0.6 is 0 Å². The maximum absolute atomic E-state index is 11.1. The highest BCUT2D eigenvalue weighted by molar-refractivity contribution is 5.88. The van der Waals surface area contributed by atoms with Crippen molar-refractivity contribution in [2.45, 2.75) is 58.0 Å². The van der Waals surface area contributed by atoms with E-state index in [-0.39, 0.29) is 5.91 Å². The lowest BCUT2D eigenvalue weighted by molar-refractivity contribution is -0.114. The third-order valence-corrected chi connectivity index (χ3v) is 5.02. The number of carbonyl (C=O) groups excluding carboxylic acids is 1. The topological polar surface area (TPSA) is 32.3 Å². The molecule has 1 aromatic rings. The molecule has 0 aromatic heterocycles. The lowest BCUT2D eigenvalue weighted by atomic mass is 9.78. The van der Waals surface area contributed by atoms with Crippen LogP contribution in [-0.4, -0.2) is 23.4 Å². The van der Waals surface area contributed by atoms with E-state index in [9.17, 15) is 4.79 Å². The minimum absolute atomic E-state index is 0.0103. The van der Waals surface area contributed by atoms with Gasteiger partial charge in [0.1, 0.15) is 0 Å². The summed E-state index contributed by atoms with van der Waals surface area (Å²) in [7, 11) is 0. The van der Waals surface area contributed by atoms with Gasteiger partial charge in [-0.1, -0.05) is 25.0 Å². The normalized spacial score (nSPS) is 26.1. The van der Waals surface area contributed by atoms with E-state index < -0.39 is 0 Å². The van der Waals surface area contributed by atoms with E-state index in [0.717, 1.165) is 24.2 Å². The van der Waals surface area contributed by atoms with E-state index in [4.69, 9.17) is 0 Å². The second-order valence-electron chi connectivity index (χ2n) is 6.60. The molecule has 3 nitrogen and oxygen atoms in total. The average molecular weight is 286 g/mol. The van der Waals surface area contributed by atoms with Crippen LogP contribution in [-0.2, 0) is 11.3 Å². The van der Waals surface area contributed by atoms with Crippen LogP contribution in [0.4, 0.5) is 5.69 Å². The summed E-state index contributed by atoms with van der Waals surface area (Å²) < 4.78 is 0. The van der Waals surface area contributed by atoms with E-state index in [1.54, 1.807) is 6.92 Å². The van der Waals surface area contributed by atoms with Gasteiger partial charge in [-0.05, 0) is 55.8 Å². The minimum Gasteiger partial charge on any atom is -0.326 e. The average Bonchev–Trinajstić information content (AvgIpc) is 2.49. The molecule has 3 heteroatoms. The first-order valence-corrected chi connectivity index (χ1v) is 8.33. The smallest absolute Gasteiger partial charge is 0.221 e. The molecule has 1 saturated heterocycles. The number of anilines is 1. The fourth-order valence-electron chi connectivity index (χ4n) is 4.06. The summed E-state index contributed by atoms with van der Waals surface area (Å²) >= 11 is 0. The lowest BCUT2D eigenvalue weighted by Crippen LogP contribution is -2.46. The van der Waals surface area contributed by atoms with Crippen LogP contribution in [0, 0.1) is 5.92 Å². The van der Waals surface area contributed by atoms with Gasteiger partial charge >= 0.3 is 0 Å². The number of nitrogens with zero attached hydrogens (tertiary/aromatic N) is 1. The summed E-state index contributed by atoms with van der Waals surface area (Å²) in [6.45, 7) is 3.85.